The number of aliphatic hydroxyl groups is 1. The quantitative estimate of drug-likeness (QED) is 0.452. The van der Waals surface area contributed by atoms with E-state index in [2.05, 4.69) is 22.6 Å². The highest BCUT2D eigenvalue weighted by atomic mass is 127. The summed E-state index contributed by atoms with van der Waals surface area (Å²) in [5, 5.41) is 8.37. The van der Waals surface area contributed by atoms with Gasteiger partial charge in [-0.25, -0.2) is 0 Å². The molecule has 0 aliphatic heterocycles. The number of unbranched alkanes of at least 4 members (excludes halogenated alkanes) is 1. The predicted molar refractivity (Wildman–Crippen MR) is 48.6 cm³/mol. The number of halogens is 1. The van der Waals surface area contributed by atoms with E-state index >= 15 is 0 Å². The Labute approximate surface area is 69.6 Å². The lowest BCUT2D eigenvalue weighted by Gasteiger charge is -1.84. The van der Waals surface area contributed by atoms with Crippen molar-refractivity contribution in [1.82, 2.24) is 0 Å². The molecule has 0 amide bonds. The van der Waals surface area contributed by atoms with Crippen LogP contribution in [0.3, 0.4) is 0 Å². The van der Waals surface area contributed by atoms with Crippen LogP contribution in [0.4, 0.5) is 0 Å². The van der Waals surface area contributed by atoms with E-state index in [1.807, 2.05) is 22.3 Å². The maximum atomic E-state index is 8.37. The number of hydrogen-bond acceptors (Lipinski definition) is 1. The molecule has 0 unspecified atom stereocenters. The Hall–Kier alpha value is 0.170. The SMILES string of the molecule is OCCC/C=C/C=C/I. The van der Waals surface area contributed by atoms with E-state index in [1.165, 1.54) is 0 Å². The van der Waals surface area contributed by atoms with Crippen LogP contribution in [0.1, 0.15) is 12.8 Å². The Bertz CT molecular complexity index is 97.1. The van der Waals surface area contributed by atoms with Crippen LogP contribution in [0.15, 0.2) is 22.3 Å². The molecular formula is C7H11IO. The highest BCUT2D eigenvalue weighted by Gasteiger charge is 1.75. The normalized spacial score (nSPS) is 11.8. The zero-order chi connectivity index (χ0) is 6.95. The van der Waals surface area contributed by atoms with Crippen molar-refractivity contribution in [3.8, 4) is 0 Å². The molecule has 0 aromatic carbocycles. The van der Waals surface area contributed by atoms with Crippen molar-refractivity contribution in [3.05, 3.63) is 22.3 Å². The first-order valence-corrected chi connectivity index (χ1v) is 4.19. The van der Waals surface area contributed by atoms with Gasteiger partial charge in [0.05, 0.1) is 0 Å². The predicted octanol–water partition coefficient (Wildman–Crippen LogP) is 2.26. The second-order valence-corrected chi connectivity index (χ2v) is 2.33. The van der Waals surface area contributed by atoms with Crippen molar-refractivity contribution in [2.75, 3.05) is 6.61 Å². The van der Waals surface area contributed by atoms with Gasteiger partial charge in [0.25, 0.3) is 0 Å². The lowest BCUT2D eigenvalue weighted by Crippen LogP contribution is -1.77. The zero-order valence-electron chi connectivity index (χ0n) is 5.26. The minimum absolute atomic E-state index is 0.290. The molecule has 0 aliphatic rings. The second kappa shape index (κ2) is 8.17. The lowest BCUT2D eigenvalue weighted by molar-refractivity contribution is 0.289. The van der Waals surface area contributed by atoms with Crippen LogP contribution in [0.5, 0.6) is 0 Å². The van der Waals surface area contributed by atoms with Gasteiger partial charge in [-0.05, 0) is 16.9 Å². The van der Waals surface area contributed by atoms with Crippen molar-refractivity contribution in [2.45, 2.75) is 12.8 Å². The van der Waals surface area contributed by atoms with Crippen LogP contribution in [0, 0.1) is 0 Å². The van der Waals surface area contributed by atoms with E-state index < -0.39 is 0 Å². The van der Waals surface area contributed by atoms with Gasteiger partial charge in [0, 0.05) is 6.61 Å². The fourth-order valence-electron chi connectivity index (χ4n) is 0.426. The van der Waals surface area contributed by atoms with Crippen molar-refractivity contribution in [3.63, 3.8) is 0 Å². The first-order valence-electron chi connectivity index (χ1n) is 2.94. The summed E-state index contributed by atoms with van der Waals surface area (Å²) in [5.41, 5.74) is 0. The van der Waals surface area contributed by atoms with E-state index in [9.17, 15) is 0 Å². The Morgan fingerprint density at radius 3 is 2.67 bits per heavy atom. The zero-order valence-corrected chi connectivity index (χ0v) is 7.41. The standard InChI is InChI=1S/C7H11IO/c8-6-4-2-1-3-5-7-9/h1-2,4,6,9H,3,5,7H2/b2-1+,6-4+. The Morgan fingerprint density at radius 2 is 2.11 bits per heavy atom. The van der Waals surface area contributed by atoms with Crippen LogP contribution in [0.2, 0.25) is 0 Å². The van der Waals surface area contributed by atoms with Gasteiger partial charge < -0.3 is 5.11 Å². The molecular weight excluding hydrogens is 227 g/mol. The summed E-state index contributed by atoms with van der Waals surface area (Å²) in [6, 6.07) is 0. The van der Waals surface area contributed by atoms with Gasteiger partial charge in [0.15, 0.2) is 0 Å². The van der Waals surface area contributed by atoms with E-state index in [4.69, 9.17) is 5.11 Å². The van der Waals surface area contributed by atoms with Gasteiger partial charge >= 0.3 is 0 Å². The molecule has 2 heteroatoms. The first-order chi connectivity index (χ1) is 4.41. The molecule has 0 aromatic heterocycles. The molecule has 0 heterocycles. The van der Waals surface area contributed by atoms with Crippen LogP contribution in [0.25, 0.3) is 0 Å². The fraction of sp³-hybridized carbons (Fsp3) is 0.429. The molecule has 0 aliphatic carbocycles. The molecule has 0 saturated carbocycles. The van der Waals surface area contributed by atoms with Gasteiger partial charge in [0.2, 0.25) is 0 Å². The third-order valence-electron chi connectivity index (χ3n) is 0.849. The van der Waals surface area contributed by atoms with E-state index in [1.54, 1.807) is 0 Å². The van der Waals surface area contributed by atoms with Crippen LogP contribution in [-0.2, 0) is 0 Å². The molecule has 0 bridgehead atoms. The smallest absolute Gasteiger partial charge is 0.0433 e. The Kier molecular flexibility index (Phi) is 8.32. The highest BCUT2D eigenvalue weighted by molar-refractivity contribution is 14.1. The van der Waals surface area contributed by atoms with Gasteiger partial charge in [0.1, 0.15) is 0 Å². The van der Waals surface area contributed by atoms with Crippen LogP contribution < -0.4 is 0 Å². The Balaban J connectivity index is 3.04. The third kappa shape index (κ3) is 8.17. The monoisotopic (exact) mass is 238 g/mol. The summed E-state index contributed by atoms with van der Waals surface area (Å²) in [5.74, 6) is 0. The lowest BCUT2D eigenvalue weighted by atomic mass is 10.3. The topological polar surface area (TPSA) is 20.2 Å². The van der Waals surface area contributed by atoms with Crippen LogP contribution in [-0.4, -0.2) is 11.7 Å². The molecule has 0 atom stereocenters. The van der Waals surface area contributed by atoms with E-state index in [0.717, 1.165) is 12.8 Å². The highest BCUT2D eigenvalue weighted by Crippen LogP contribution is 1.90. The molecule has 1 N–H and O–H groups in total. The first kappa shape index (κ1) is 9.17. The minimum Gasteiger partial charge on any atom is -0.396 e. The second-order valence-electron chi connectivity index (χ2n) is 1.61. The Morgan fingerprint density at radius 1 is 1.33 bits per heavy atom. The number of rotatable bonds is 4. The van der Waals surface area contributed by atoms with Crippen LogP contribution >= 0.6 is 22.6 Å². The molecule has 52 valence electrons. The third-order valence-corrected chi connectivity index (χ3v) is 1.26. The average Bonchev–Trinajstić information content (AvgIpc) is 1.89. The molecule has 0 fully saturated rings. The summed E-state index contributed by atoms with van der Waals surface area (Å²) in [4.78, 5) is 0. The molecule has 0 radical (unpaired) electrons. The number of aliphatic hydroxyl groups excluding tert-OH is 1. The van der Waals surface area contributed by atoms with E-state index in [0.29, 0.717) is 0 Å². The number of allylic oxidation sites excluding steroid dienone is 3. The summed E-state index contributed by atoms with van der Waals surface area (Å²) in [7, 11) is 0. The molecule has 0 aromatic rings. The maximum absolute atomic E-state index is 8.37. The van der Waals surface area contributed by atoms with Gasteiger partial charge in [-0.3, -0.25) is 0 Å². The molecule has 0 rings (SSSR count). The average molecular weight is 238 g/mol. The summed E-state index contributed by atoms with van der Waals surface area (Å²) >= 11 is 2.17. The molecule has 9 heavy (non-hydrogen) atoms. The largest absolute Gasteiger partial charge is 0.396 e. The van der Waals surface area contributed by atoms with E-state index in [-0.39, 0.29) is 6.61 Å². The van der Waals surface area contributed by atoms with Crippen molar-refractivity contribution in [2.24, 2.45) is 0 Å². The molecule has 0 spiro atoms. The molecule has 1 nitrogen and oxygen atoms in total. The van der Waals surface area contributed by atoms with Crippen molar-refractivity contribution >= 4 is 22.6 Å². The van der Waals surface area contributed by atoms with Gasteiger partial charge in [-0.15, -0.1) is 0 Å². The number of hydrogen-bond donors (Lipinski definition) is 1. The summed E-state index contributed by atoms with van der Waals surface area (Å²) in [6.45, 7) is 0.290. The summed E-state index contributed by atoms with van der Waals surface area (Å²) in [6.07, 6.45) is 7.84. The van der Waals surface area contributed by atoms with Gasteiger partial charge in [-0.1, -0.05) is 40.8 Å². The van der Waals surface area contributed by atoms with Crippen molar-refractivity contribution < 1.29 is 5.11 Å². The molecule has 0 saturated heterocycles. The summed E-state index contributed by atoms with van der Waals surface area (Å²) < 4.78 is 1.95. The minimum atomic E-state index is 0.290. The fourth-order valence-corrected chi connectivity index (χ4v) is 0.666. The van der Waals surface area contributed by atoms with Gasteiger partial charge in [-0.2, -0.15) is 0 Å². The maximum Gasteiger partial charge on any atom is 0.0433 e. The van der Waals surface area contributed by atoms with Crippen molar-refractivity contribution in [1.29, 1.82) is 0 Å².